The molecule has 1 fully saturated rings. The summed E-state index contributed by atoms with van der Waals surface area (Å²) in [5.41, 5.74) is -0.0277. The number of aromatic nitrogens is 2. The van der Waals surface area contributed by atoms with Gasteiger partial charge >= 0.3 is 12.3 Å². The molecule has 1 aliphatic rings. The minimum absolute atomic E-state index is 0.00554. The number of hydrogen-bond donors (Lipinski definition) is 2. The van der Waals surface area contributed by atoms with Crippen molar-refractivity contribution < 1.29 is 27.1 Å². The van der Waals surface area contributed by atoms with E-state index < -0.39 is 36.5 Å². The second kappa shape index (κ2) is 10.7. The Morgan fingerprint density at radius 2 is 2.06 bits per heavy atom. The number of ether oxygens (including phenoxy) is 1. The van der Waals surface area contributed by atoms with Gasteiger partial charge in [-0.25, -0.2) is 14.2 Å². The molecule has 0 radical (unpaired) electrons. The van der Waals surface area contributed by atoms with Crippen molar-refractivity contribution in [1.82, 2.24) is 19.6 Å². The fraction of sp³-hybridized carbons (Fsp3) is 0.583. The van der Waals surface area contributed by atoms with Crippen LogP contribution in [0.25, 0.3) is 5.65 Å². The van der Waals surface area contributed by atoms with Gasteiger partial charge in [0.25, 0.3) is 0 Å². The van der Waals surface area contributed by atoms with Crippen LogP contribution in [0.2, 0.25) is 0 Å². The number of halogens is 4. The van der Waals surface area contributed by atoms with E-state index in [1.54, 1.807) is 32.9 Å². The highest BCUT2D eigenvalue weighted by Gasteiger charge is 2.32. The molecule has 0 saturated carbocycles. The van der Waals surface area contributed by atoms with E-state index in [2.05, 4.69) is 27.5 Å². The summed E-state index contributed by atoms with van der Waals surface area (Å²) in [7, 11) is 1.84. The molecule has 2 atom stereocenters. The van der Waals surface area contributed by atoms with Crippen LogP contribution in [-0.4, -0.2) is 71.1 Å². The van der Waals surface area contributed by atoms with Crippen LogP contribution in [0.3, 0.4) is 0 Å². The highest BCUT2D eigenvalue weighted by atomic mass is 19.4. The zero-order valence-electron chi connectivity index (χ0n) is 20.3. The van der Waals surface area contributed by atoms with Crippen molar-refractivity contribution in [3.8, 4) is 11.8 Å². The molecule has 0 unspecified atom stereocenters. The second-order valence-electron chi connectivity index (χ2n) is 9.61. The molecule has 0 aromatic carbocycles. The van der Waals surface area contributed by atoms with Gasteiger partial charge in [0, 0.05) is 32.3 Å². The van der Waals surface area contributed by atoms with E-state index in [1.807, 2.05) is 11.9 Å². The first-order valence-corrected chi connectivity index (χ1v) is 11.4. The van der Waals surface area contributed by atoms with Crippen LogP contribution in [0, 0.1) is 11.8 Å². The van der Waals surface area contributed by atoms with E-state index in [0.29, 0.717) is 18.7 Å². The summed E-state index contributed by atoms with van der Waals surface area (Å²) in [6.07, 6.45) is -5.14. The van der Waals surface area contributed by atoms with Crippen LogP contribution < -0.4 is 10.6 Å². The lowest BCUT2D eigenvalue weighted by atomic mass is 10.0. The Morgan fingerprint density at radius 1 is 1.31 bits per heavy atom. The maximum absolute atomic E-state index is 14.5. The highest BCUT2D eigenvalue weighted by molar-refractivity contribution is 5.70. The highest BCUT2D eigenvalue weighted by Crippen LogP contribution is 2.28. The summed E-state index contributed by atoms with van der Waals surface area (Å²) >= 11 is 0. The molecule has 7 nitrogen and oxygen atoms in total. The summed E-state index contributed by atoms with van der Waals surface area (Å²) < 4.78 is 61.0. The van der Waals surface area contributed by atoms with Crippen molar-refractivity contribution in [2.75, 3.05) is 32.0 Å². The van der Waals surface area contributed by atoms with Gasteiger partial charge in [-0.2, -0.15) is 13.2 Å². The van der Waals surface area contributed by atoms with E-state index in [4.69, 9.17) is 4.74 Å². The fourth-order valence-corrected chi connectivity index (χ4v) is 3.79. The molecule has 2 N–H and O–H groups in total. The number of hydrogen-bond acceptors (Lipinski definition) is 5. The third kappa shape index (κ3) is 7.75. The average molecular weight is 498 g/mol. The van der Waals surface area contributed by atoms with Crippen LogP contribution in [0.15, 0.2) is 18.3 Å². The lowest BCUT2D eigenvalue weighted by molar-refractivity contribution is -0.128. The molecule has 192 valence electrons. The van der Waals surface area contributed by atoms with E-state index >= 15 is 0 Å². The Kier molecular flexibility index (Phi) is 8.15. The number of fused-ring (bicyclic) bond motifs is 1. The number of anilines is 1. The number of carbonyl (C=O) groups is 1. The third-order valence-electron chi connectivity index (χ3n) is 5.33. The Bertz CT molecular complexity index is 1100. The number of imidazole rings is 1. The number of amides is 1. The zero-order valence-corrected chi connectivity index (χ0v) is 20.3. The molecule has 35 heavy (non-hydrogen) atoms. The molecule has 1 amide bonds. The maximum Gasteiger partial charge on any atom is 0.407 e. The van der Waals surface area contributed by atoms with Crippen LogP contribution >= 0.6 is 0 Å². The van der Waals surface area contributed by atoms with E-state index in [1.165, 1.54) is 10.6 Å². The van der Waals surface area contributed by atoms with Crippen molar-refractivity contribution in [3.63, 3.8) is 0 Å². The Hall–Kier alpha value is -3.00. The molecular formula is C24H31F4N5O2. The third-order valence-corrected chi connectivity index (χ3v) is 5.33. The molecule has 3 heterocycles. The first-order chi connectivity index (χ1) is 16.3. The normalized spacial score (nSPS) is 19.2. The summed E-state index contributed by atoms with van der Waals surface area (Å²) in [5, 5.41) is 5.68. The van der Waals surface area contributed by atoms with Crippen molar-refractivity contribution >= 4 is 17.4 Å². The number of nitrogens with zero attached hydrogens (tertiary/aromatic N) is 3. The van der Waals surface area contributed by atoms with Gasteiger partial charge in [-0.1, -0.05) is 5.92 Å². The standard InChI is InChI=1S/C24H31F4N5O2/c1-23(2,3)35-22(34)29-11-6-5-8-18-20(14-24(26,27)28)33-12-7-9-19(21(33)31-18)30-17-10-13-32(4)15-16(17)25/h7,9,12,16-17,30H,6,10-11,13-15H2,1-4H3,(H,29,34)/t16-,17+/m0/s1. The number of likely N-dealkylation sites (tertiary alicyclic amines) is 1. The minimum Gasteiger partial charge on any atom is -0.444 e. The van der Waals surface area contributed by atoms with Crippen LogP contribution in [0.1, 0.15) is 45.0 Å². The number of piperidine rings is 1. The van der Waals surface area contributed by atoms with Gasteiger partial charge in [0.15, 0.2) is 5.65 Å². The lowest BCUT2D eigenvalue weighted by Crippen LogP contribution is -2.46. The van der Waals surface area contributed by atoms with Crippen molar-refractivity contribution in [2.45, 2.75) is 64.0 Å². The Labute approximate surface area is 202 Å². The van der Waals surface area contributed by atoms with Gasteiger partial charge in [0.2, 0.25) is 0 Å². The minimum atomic E-state index is -4.47. The molecule has 1 saturated heterocycles. The molecule has 0 aliphatic carbocycles. The predicted molar refractivity (Wildman–Crippen MR) is 125 cm³/mol. The van der Waals surface area contributed by atoms with Gasteiger partial charge in [-0.05, 0) is 52.3 Å². The lowest BCUT2D eigenvalue weighted by Gasteiger charge is -2.33. The van der Waals surface area contributed by atoms with Crippen molar-refractivity contribution in [1.29, 1.82) is 0 Å². The Balaban J connectivity index is 1.81. The van der Waals surface area contributed by atoms with E-state index in [-0.39, 0.29) is 36.5 Å². The molecule has 11 heteroatoms. The van der Waals surface area contributed by atoms with Crippen molar-refractivity contribution in [2.24, 2.45) is 0 Å². The Morgan fingerprint density at radius 3 is 2.71 bits per heavy atom. The number of nitrogens with one attached hydrogen (secondary N) is 2. The summed E-state index contributed by atoms with van der Waals surface area (Å²) in [6, 6.07) is 2.81. The van der Waals surface area contributed by atoms with Crippen LogP contribution in [-0.2, 0) is 11.2 Å². The maximum atomic E-state index is 14.5. The first-order valence-electron chi connectivity index (χ1n) is 11.4. The summed E-state index contributed by atoms with van der Waals surface area (Å²) in [6.45, 7) is 6.38. The zero-order chi connectivity index (χ0) is 25.8. The quantitative estimate of drug-likeness (QED) is 0.369. The average Bonchev–Trinajstić information content (AvgIpc) is 3.05. The molecule has 0 bridgehead atoms. The molecular weight excluding hydrogens is 466 g/mol. The number of pyridine rings is 1. The predicted octanol–water partition coefficient (Wildman–Crippen LogP) is 4.16. The molecule has 3 rings (SSSR count). The smallest absolute Gasteiger partial charge is 0.407 e. The van der Waals surface area contributed by atoms with Crippen molar-refractivity contribution in [3.05, 3.63) is 29.7 Å². The molecule has 0 spiro atoms. The first kappa shape index (κ1) is 26.6. The van der Waals surface area contributed by atoms with Crippen LogP contribution in [0.4, 0.5) is 28.0 Å². The largest absolute Gasteiger partial charge is 0.444 e. The molecule has 1 aliphatic heterocycles. The monoisotopic (exact) mass is 497 g/mol. The van der Waals surface area contributed by atoms with Crippen LogP contribution in [0.5, 0.6) is 0 Å². The summed E-state index contributed by atoms with van der Waals surface area (Å²) in [4.78, 5) is 18.0. The van der Waals surface area contributed by atoms with Gasteiger partial charge in [0.1, 0.15) is 17.5 Å². The molecule has 2 aromatic heterocycles. The van der Waals surface area contributed by atoms with E-state index in [9.17, 15) is 22.4 Å². The SMILES string of the molecule is CN1CC[C@@H](Nc2cccn3c(CC(F)(F)F)c(C#CCCNC(=O)OC(C)(C)C)nc23)[C@@H](F)C1. The number of rotatable bonds is 5. The van der Waals surface area contributed by atoms with Gasteiger partial charge in [-0.3, -0.25) is 0 Å². The van der Waals surface area contributed by atoms with Gasteiger partial charge in [-0.15, -0.1) is 0 Å². The van der Waals surface area contributed by atoms with E-state index in [0.717, 1.165) is 0 Å². The topological polar surface area (TPSA) is 70.9 Å². The number of alkyl carbamates (subject to hydrolysis) is 1. The van der Waals surface area contributed by atoms with Gasteiger partial charge < -0.3 is 24.7 Å². The summed E-state index contributed by atoms with van der Waals surface area (Å²) in [5.74, 6) is 5.48. The second-order valence-corrected chi connectivity index (χ2v) is 9.61. The molecule has 2 aromatic rings. The van der Waals surface area contributed by atoms with Gasteiger partial charge in [0.05, 0.1) is 23.8 Å². The fourth-order valence-electron chi connectivity index (χ4n) is 3.79. The number of carbonyl (C=O) groups excluding carboxylic acids is 1. The number of alkyl halides is 4.